The summed E-state index contributed by atoms with van der Waals surface area (Å²) in [5, 5.41) is 16.2. The first-order valence-corrected chi connectivity index (χ1v) is 16.0. The molecule has 13 heteroatoms. The molecule has 1 N–H and O–H groups in total. The minimum atomic E-state index is -4.60. The van der Waals surface area contributed by atoms with E-state index in [0.29, 0.717) is 35.5 Å². The Kier molecular flexibility index (Phi) is 7.38. The fraction of sp³-hybridized carbons (Fsp3) is 0.371. The van der Waals surface area contributed by atoms with Crippen LogP contribution in [-0.2, 0) is 29.8 Å². The van der Waals surface area contributed by atoms with Gasteiger partial charge < -0.3 is 23.8 Å². The summed E-state index contributed by atoms with van der Waals surface area (Å²) in [5.41, 5.74) is 4.62. The second kappa shape index (κ2) is 11.6. The van der Waals surface area contributed by atoms with Gasteiger partial charge in [0, 0.05) is 30.2 Å². The molecular weight excluding hydrogens is 623 g/mol. The number of rotatable bonds is 7. The molecule has 0 aliphatic carbocycles. The van der Waals surface area contributed by atoms with Crippen LogP contribution < -0.4 is 9.47 Å². The molecule has 2 fully saturated rings. The normalized spacial score (nSPS) is 21.4. The summed E-state index contributed by atoms with van der Waals surface area (Å²) >= 11 is 0. The van der Waals surface area contributed by atoms with E-state index in [0.717, 1.165) is 67.2 Å². The lowest BCUT2D eigenvalue weighted by molar-refractivity contribution is -0.144. The van der Waals surface area contributed by atoms with Crippen molar-refractivity contribution in [2.24, 2.45) is 0 Å². The third-order valence-electron chi connectivity index (χ3n) is 9.58. The summed E-state index contributed by atoms with van der Waals surface area (Å²) in [6, 6.07) is 20.9. The monoisotopic (exact) mass is 655 g/mol. The summed E-state index contributed by atoms with van der Waals surface area (Å²) in [6.45, 7) is 5.64. The number of piperidine rings is 1. The molecule has 3 aliphatic heterocycles. The van der Waals surface area contributed by atoms with Crippen molar-refractivity contribution in [3.63, 3.8) is 0 Å². The predicted molar refractivity (Wildman–Crippen MR) is 168 cm³/mol. The first kappa shape index (κ1) is 30.4. The van der Waals surface area contributed by atoms with Gasteiger partial charge in [-0.1, -0.05) is 12.1 Å². The van der Waals surface area contributed by atoms with Gasteiger partial charge in [0.15, 0.2) is 17.3 Å². The second-order valence-electron chi connectivity index (χ2n) is 12.7. The predicted octanol–water partition coefficient (Wildman–Crippen LogP) is 6.52. The fourth-order valence-corrected chi connectivity index (χ4v) is 6.84. The Morgan fingerprint density at radius 3 is 2.50 bits per heavy atom. The largest absolute Gasteiger partial charge is 0.451 e. The summed E-state index contributed by atoms with van der Waals surface area (Å²) in [6.07, 6.45) is -1.67. The molecule has 1 unspecified atom stereocenters. The molecule has 5 aromatic rings. The number of nitrogens with one attached hydrogen (secondary N) is 1. The molecule has 0 spiro atoms. The number of benzene rings is 3. The Balaban J connectivity index is 0.992. The molecule has 3 aromatic carbocycles. The maximum Gasteiger partial charge on any atom is 0.451 e. The highest BCUT2D eigenvalue weighted by atomic mass is 19.4. The van der Waals surface area contributed by atoms with Crippen LogP contribution >= 0.6 is 0 Å². The van der Waals surface area contributed by atoms with Crippen LogP contribution in [0.5, 0.6) is 11.5 Å². The van der Waals surface area contributed by atoms with Gasteiger partial charge in [-0.05, 0) is 86.8 Å². The number of ether oxygens (including phenoxy) is 3. The molecule has 8 rings (SSSR count). The van der Waals surface area contributed by atoms with E-state index in [-0.39, 0.29) is 17.8 Å². The van der Waals surface area contributed by atoms with Gasteiger partial charge in [-0.3, -0.25) is 4.90 Å². The molecular formula is C35H32F3N7O3. The first-order chi connectivity index (χ1) is 23.2. The number of fused-ring (bicyclic) bond motifs is 2. The van der Waals surface area contributed by atoms with Crippen LogP contribution in [0.15, 0.2) is 60.7 Å². The lowest BCUT2D eigenvalue weighted by Gasteiger charge is -2.33. The zero-order chi connectivity index (χ0) is 33.0. The number of nitriles is 1. The van der Waals surface area contributed by atoms with Crippen molar-refractivity contribution in [1.82, 2.24) is 29.6 Å². The highest BCUT2D eigenvalue weighted by Crippen LogP contribution is 2.49. The van der Waals surface area contributed by atoms with Crippen LogP contribution in [0.1, 0.15) is 60.4 Å². The summed E-state index contributed by atoms with van der Waals surface area (Å²) in [5.74, 6) is 0.599. The van der Waals surface area contributed by atoms with Gasteiger partial charge in [-0.25, -0.2) is 4.98 Å². The smallest absolute Gasteiger partial charge is 0.445 e. The zero-order valence-electron chi connectivity index (χ0n) is 26.1. The Bertz CT molecular complexity index is 2020. The maximum atomic E-state index is 13.1. The van der Waals surface area contributed by atoms with Crippen molar-refractivity contribution >= 4 is 11.0 Å². The number of likely N-dealkylation sites (tertiary alicyclic amines) is 1. The number of aromatic nitrogens is 5. The zero-order valence-corrected chi connectivity index (χ0v) is 26.1. The van der Waals surface area contributed by atoms with E-state index in [1.807, 2.05) is 37.3 Å². The highest BCUT2D eigenvalue weighted by molar-refractivity contribution is 5.81. The Labute approximate surface area is 274 Å². The van der Waals surface area contributed by atoms with Gasteiger partial charge in [0.05, 0.1) is 41.9 Å². The number of aromatic amines is 1. The number of alkyl halides is 3. The van der Waals surface area contributed by atoms with E-state index in [1.54, 1.807) is 24.3 Å². The number of imidazole rings is 1. The van der Waals surface area contributed by atoms with Crippen molar-refractivity contribution in [2.75, 3.05) is 19.7 Å². The van der Waals surface area contributed by atoms with Crippen molar-refractivity contribution in [3.8, 4) is 29.0 Å². The molecule has 0 amide bonds. The Morgan fingerprint density at radius 1 is 1.02 bits per heavy atom. The van der Waals surface area contributed by atoms with E-state index in [2.05, 4.69) is 36.8 Å². The first-order valence-electron chi connectivity index (χ1n) is 16.0. The number of H-pyrrole nitrogens is 1. The van der Waals surface area contributed by atoms with Gasteiger partial charge >= 0.3 is 6.18 Å². The van der Waals surface area contributed by atoms with Crippen molar-refractivity contribution in [3.05, 3.63) is 89.0 Å². The summed E-state index contributed by atoms with van der Waals surface area (Å²) in [4.78, 5) is 9.64. The average molecular weight is 656 g/mol. The van der Waals surface area contributed by atoms with Crippen LogP contribution in [0.4, 0.5) is 13.2 Å². The fourth-order valence-electron chi connectivity index (χ4n) is 6.84. The van der Waals surface area contributed by atoms with Crippen molar-refractivity contribution in [2.45, 2.75) is 63.3 Å². The van der Waals surface area contributed by atoms with Crippen LogP contribution in [0.3, 0.4) is 0 Å². The van der Waals surface area contributed by atoms with E-state index >= 15 is 0 Å². The van der Waals surface area contributed by atoms with E-state index < -0.39 is 17.8 Å². The molecule has 0 bridgehead atoms. The van der Waals surface area contributed by atoms with E-state index in [1.165, 1.54) is 0 Å². The average Bonchev–Trinajstić information content (AvgIpc) is 3.78. The lowest BCUT2D eigenvalue weighted by Crippen LogP contribution is -2.35. The topological polar surface area (TPSA) is 114 Å². The highest BCUT2D eigenvalue weighted by Gasteiger charge is 2.41. The maximum absolute atomic E-state index is 13.1. The number of para-hydroxylation sites is 1. The van der Waals surface area contributed by atoms with E-state index in [9.17, 15) is 18.4 Å². The van der Waals surface area contributed by atoms with Gasteiger partial charge in [0.25, 0.3) is 5.79 Å². The van der Waals surface area contributed by atoms with Crippen LogP contribution in [0, 0.1) is 11.3 Å². The van der Waals surface area contributed by atoms with Crippen molar-refractivity contribution in [1.29, 1.82) is 5.26 Å². The third kappa shape index (κ3) is 5.54. The molecule has 2 aromatic heterocycles. The van der Waals surface area contributed by atoms with Gasteiger partial charge in [0.2, 0.25) is 5.82 Å². The van der Waals surface area contributed by atoms with Gasteiger partial charge in [-0.15, -0.1) is 10.2 Å². The molecule has 48 heavy (non-hydrogen) atoms. The number of halogens is 3. The summed E-state index contributed by atoms with van der Waals surface area (Å²) < 4.78 is 60.1. The molecule has 5 heterocycles. The minimum Gasteiger partial charge on any atom is -0.445 e. The quantitative estimate of drug-likeness (QED) is 0.211. The van der Waals surface area contributed by atoms with Gasteiger partial charge in [0.1, 0.15) is 5.82 Å². The molecule has 246 valence electrons. The molecule has 10 nitrogen and oxygen atoms in total. The van der Waals surface area contributed by atoms with Crippen LogP contribution in [0.2, 0.25) is 0 Å². The number of hydrogen-bond acceptors (Lipinski definition) is 8. The molecule has 2 saturated heterocycles. The standard InChI is InChI=1S/C35H32F3N7O3/c1-34(24-8-5-21(18-39)6-9-24)47-29-4-2-3-26(31(29)48-34)22-11-14-44(15-12-22)20-30-40-27-17-23(32-41-33(43-42-32)35(36,37)38)7-10-28(27)45(30)19-25-13-16-46-25/h2-10,17,22,25H,11-16,19-20H2,1H3,(H,41,42,43)/t25-,34?/m0/s1. The molecule has 0 saturated carbocycles. The van der Waals surface area contributed by atoms with Crippen molar-refractivity contribution < 1.29 is 27.4 Å². The van der Waals surface area contributed by atoms with Crippen LogP contribution in [0.25, 0.3) is 22.4 Å². The Morgan fingerprint density at radius 2 is 1.81 bits per heavy atom. The number of hydrogen-bond donors (Lipinski definition) is 1. The molecule has 3 aliphatic rings. The molecule has 2 atom stereocenters. The van der Waals surface area contributed by atoms with Crippen LogP contribution in [-0.4, -0.2) is 55.4 Å². The number of nitrogens with zero attached hydrogens (tertiary/aromatic N) is 6. The minimum absolute atomic E-state index is 0.0451. The second-order valence-corrected chi connectivity index (χ2v) is 12.7. The SMILES string of the molecule is CC1(c2ccc(C#N)cc2)Oc2cccc(C3CCN(Cc4nc5cc(-c6nnc(C(F)(F)F)[nH]6)ccc5n4C[C@@H]4CCO4)CC3)c2O1. The molecule has 0 radical (unpaired) electrons. The van der Waals surface area contributed by atoms with E-state index in [4.69, 9.17) is 19.2 Å². The Hall–Kier alpha value is -4.93. The summed E-state index contributed by atoms with van der Waals surface area (Å²) in [7, 11) is 0. The lowest BCUT2D eigenvalue weighted by atomic mass is 9.88. The third-order valence-corrected chi connectivity index (χ3v) is 9.58. The van der Waals surface area contributed by atoms with Gasteiger partial charge in [-0.2, -0.15) is 18.4 Å².